The molecule has 1 amide bonds. The number of rotatable bonds is 11. The number of ether oxygens (including phenoxy) is 2. The van der Waals surface area contributed by atoms with Crippen molar-refractivity contribution in [1.82, 2.24) is 19.1 Å². The monoisotopic (exact) mass is 638 g/mol. The van der Waals surface area contributed by atoms with Crippen molar-refractivity contribution in [1.29, 1.82) is 0 Å². The lowest BCUT2D eigenvalue weighted by Crippen LogP contribution is -2.49. The summed E-state index contributed by atoms with van der Waals surface area (Å²) in [7, 11) is -4.43. The molecule has 0 aliphatic carbocycles. The van der Waals surface area contributed by atoms with Crippen LogP contribution in [0.15, 0.2) is 53.7 Å². The molecule has 3 aliphatic heterocycles. The summed E-state index contributed by atoms with van der Waals surface area (Å²) in [6.45, 7) is 4.38. The highest BCUT2D eigenvalue weighted by Crippen LogP contribution is 2.38. The Labute approximate surface area is 257 Å². The SMILES string of the molecule is O=C(COCC1CCCCN1S(=O)(=O)c1ccccc1C(F)(F)F)N1CCC(OCCN2CCCC2)(c2cccnc2)CC1. The van der Waals surface area contributed by atoms with Gasteiger partial charge in [0.1, 0.15) is 6.61 Å². The Morgan fingerprint density at radius 3 is 2.41 bits per heavy atom. The second kappa shape index (κ2) is 14.2. The third-order valence-electron chi connectivity index (χ3n) is 8.98. The number of aromatic nitrogens is 1. The van der Waals surface area contributed by atoms with Crippen molar-refractivity contribution >= 4 is 15.9 Å². The number of amides is 1. The molecule has 0 saturated carbocycles. The number of hydrogen-bond acceptors (Lipinski definition) is 7. The van der Waals surface area contributed by atoms with Crippen LogP contribution in [-0.4, -0.2) is 98.5 Å². The molecule has 3 saturated heterocycles. The molecule has 13 heteroatoms. The van der Waals surface area contributed by atoms with Crippen LogP contribution in [0.5, 0.6) is 0 Å². The molecule has 0 spiro atoms. The molecule has 4 heterocycles. The Balaban J connectivity index is 1.17. The van der Waals surface area contributed by atoms with E-state index in [4.69, 9.17) is 9.47 Å². The number of hydrogen-bond donors (Lipinski definition) is 0. The van der Waals surface area contributed by atoms with Crippen molar-refractivity contribution < 1.29 is 35.9 Å². The van der Waals surface area contributed by atoms with E-state index in [2.05, 4.69) is 9.88 Å². The van der Waals surface area contributed by atoms with E-state index in [9.17, 15) is 26.4 Å². The number of halogens is 3. The normalized spacial score (nSPS) is 21.9. The zero-order valence-electron chi connectivity index (χ0n) is 24.9. The van der Waals surface area contributed by atoms with Gasteiger partial charge in [0.25, 0.3) is 0 Å². The fourth-order valence-corrected chi connectivity index (χ4v) is 8.42. The number of sulfonamides is 1. The molecule has 9 nitrogen and oxygen atoms in total. The van der Waals surface area contributed by atoms with Gasteiger partial charge in [0.15, 0.2) is 0 Å². The molecule has 44 heavy (non-hydrogen) atoms. The van der Waals surface area contributed by atoms with Gasteiger partial charge in [-0.25, -0.2) is 8.42 Å². The van der Waals surface area contributed by atoms with Crippen LogP contribution in [0, 0.1) is 0 Å². The molecule has 242 valence electrons. The number of nitrogens with zero attached hydrogens (tertiary/aromatic N) is 4. The van der Waals surface area contributed by atoms with E-state index in [0.29, 0.717) is 45.4 Å². The Hall–Kier alpha value is -2.58. The number of carbonyl (C=O) groups is 1. The predicted octanol–water partition coefficient (Wildman–Crippen LogP) is 4.29. The maximum atomic E-state index is 13.6. The predicted molar refractivity (Wildman–Crippen MR) is 157 cm³/mol. The molecule has 1 atom stereocenters. The van der Waals surface area contributed by atoms with E-state index in [1.54, 1.807) is 11.1 Å². The summed E-state index contributed by atoms with van der Waals surface area (Å²) in [6.07, 6.45) is 4.09. The van der Waals surface area contributed by atoms with Gasteiger partial charge >= 0.3 is 6.18 Å². The van der Waals surface area contributed by atoms with Crippen molar-refractivity contribution in [2.45, 2.75) is 67.7 Å². The summed E-state index contributed by atoms with van der Waals surface area (Å²) in [5.74, 6) is -0.213. The maximum Gasteiger partial charge on any atom is 0.417 e. The summed E-state index contributed by atoms with van der Waals surface area (Å²) >= 11 is 0. The molecule has 2 aromatic rings. The van der Waals surface area contributed by atoms with E-state index in [1.807, 2.05) is 18.3 Å². The van der Waals surface area contributed by atoms with Crippen molar-refractivity contribution in [2.75, 3.05) is 59.1 Å². The minimum Gasteiger partial charge on any atom is -0.370 e. The molecular weight excluding hydrogens is 597 g/mol. The van der Waals surface area contributed by atoms with Crippen LogP contribution in [0.1, 0.15) is 56.1 Å². The number of carbonyl (C=O) groups excluding carboxylic acids is 1. The lowest BCUT2D eigenvalue weighted by atomic mass is 9.85. The van der Waals surface area contributed by atoms with Gasteiger partial charge in [-0.05, 0) is 69.8 Å². The number of likely N-dealkylation sites (tertiary alicyclic amines) is 2. The van der Waals surface area contributed by atoms with Crippen LogP contribution in [0.2, 0.25) is 0 Å². The summed E-state index contributed by atoms with van der Waals surface area (Å²) in [5, 5.41) is 0. The number of pyridine rings is 1. The van der Waals surface area contributed by atoms with Crippen molar-refractivity contribution in [3.63, 3.8) is 0 Å². The average Bonchev–Trinajstić information content (AvgIpc) is 3.55. The number of piperidine rings is 2. The van der Waals surface area contributed by atoms with Crippen molar-refractivity contribution in [3.8, 4) is 0 Å². The van der Waals surface area contributed by atoms with Crippen molar-refractivity contribution in [3.05, 3.63) is 59.9 Å². The van der Waals surface area contributed by atoms with Crippen LogP contribution in [0.25, 0.3) is 0 Å². The van der Waals surface area contributed by atoms with Gasteiger partial charge < -0.3 is 19.3 Å². The number of alkyl halides is 3. The van der Waals surface area contributed by atoms with Crippen LogP contribution < -0.4 is 0 Å². The molecule has 0 N–H and O–H groups in total. The molecule has 1 unspecified atom stereocenters. The Morgan fingerprint density at radius 1 is 0.977 bits per heavy atom. The van der Waals surface area contributed by atoms with E-state index < -0.39 is 38.3 Å². The first kappa shape index (κ1) is 32.8. The fraction of sp³-hybridized carbons (Fsp3) is 0.613. The average molecular weight is 639 g/mol. The van der Waals surface area contributed by atoms with Gasteiger partial charge in [0, 0.05) is 50.2 Å². The van der Waals surface area contributed by atoms with Gasteiger partial charge in [-0.15, -0.1) is 0 Å². The minimum atomic E-state index is -4.81. The first-order valence-corrected chi connectivity index (χ1v) is 16.8. The fourth-order valence-electron chi connectivity index (χ4n) is 6.53. The Morgan fingerprint density at radius 2 is 1.70 bits per heavy atom. The second-order valence-corrected chi connectivity index (χ2v) is 13.6. The summed E-state index contributed by atoms with van der Waals surface area (Å²) in [6, 6.07) is 7.48. The van der Waals surface area contributed by atoms with E-state index >= 15 is 0 Å². The molecule has 5 rings (SSSR count). The molecule has 3 fully saturated rings. The van der Waals surface area contributed by atoms with Gasteiger partial charge in [0.05, 0.1) is 29.3 Å². The first-order chi connectivity index (χ1) is 21.1. The van der Waals surface area contributed by atoms with E-state index in [-0.39, 0.29) is 25.7 Å². The Bertz CT molecular complexity index is 1350. The van der Waals surface area contributed by atoms with Crippen LogP contribution >= 0.6 is 0 Å². The van der Waals surface area contributed by atoms with E-state index in [1.165, 1.54) is 25.0 Å². The highest BCUT2D eigenvalue weighted by atomic mass is 32.2. The van der Waals surface area contributed by atoms with Crippen LogP contribution in [0.3, 0.4) is 0 Å². The number of benzene rings is 1. The zero-order chi connectivity index (χ0) is 31.2. The van der Waals surface area contributed by atoms with Crippen LogP contribution in [0.4, 0.5) is 13.2 Å². The quantitative estimate of drug-likeness (QED) is 0.363. The molecule has 0 radical (unpaired) electrons. The topological polar surface area (TPSA) is 92.3 Å². The summed E-state index contributed by atoms with van der Waals surface area (Å²) in [5.41, 5.74) is -0.724. The molecule has 0 bridgehead atoms. The molecule has 1 aromatic carbocycles. The Kier molecular flexibility index (Phi) is 10.6. The standard InChI is InChI=1S/C31H41F3N4O5S/c32-31(33,34)27-10-1-2-11-28(27)44(40,41)38-17-4-3-9-26(38)23-42-24-29(39)37-18-12-30(13-19-37,25-8-7-14-35-22-25)43-21-20-36-15-5-6-16-36/h1-2,7-8,10-11,14,22,26H,3-6,9,12-13,15-21,23-24H2. The van der Waals surface area contributed by atoms with E-state index in [0.717, 1.165) is 48.1 Å². The maximum absolute atomic E-state index is 13.6. The summed E-state index contributed by atoms with van der Waals surface area (Å²) < 4.78 is 81.1. The second-order valence-electron chi connectivity index (χ2n) is 11.8. The highest BCUT2D eigenvalue weighted by molar-refractivity contribution is 7.89. The lowest BCUT2D eigenvalue weighted by Gasteiger charge is -2.42. The van der Waals surface area contributed by atoms with Crippen molar-refractivity contribution in [2.24, 2.45) is 0 Å². The van der Waals surface area contributed by atoms with Gasteiger partial charge in [-0.2, -0.15) is 17.5 Å². The van der Waals surface area contributed by atoms with Gasteiger partial charge in [-0.3, -0.25) is 9.78 Å². The smallest absolute Gasteiger partial charge is 0.370 e. The lowest BCUT2D eigenvalue weighted by molar-refractivity contribution is -0.145. The first-order valence-electron chi connectivity index (χ1n) is 15.4. The third-order valence-corrected chi connectivity index (χ3v) is 11.0. The molecule has 1 aromatic heterocycles. The summed E-state index contributed by atoms with van der Waals surface area (Å²) in [4.78, 5) is 20.8. The molecular formula is C31H41F3N4O5S. The van der Waals surface area contributed by atoms with Crippen LogP contribution in [-0.2, 0) is 36.1 Å². The zero-order valence-corrected chi connectivity index (χ0v) is 25.7. The third kappa shape index (κ3) is 7.61. The molecule has 3 aliphatic rings. The largest absolute Gasteiger partial charge is 0.417 e. The van der Waals surface area contributed by atoms with Gasteiger partial charge in [0.2, 0.25) is 15.9 Å². The minimum absolute atomic E-state index is 0.0772. The highest BCUT2D eigenvalue weighted by Gasteiger charge is 2.42. The van der Waals surface area contributed by atoms with Gasteiger partial charge in [-0.1, -0.05) is 24.6 Å².